The summed E-state index contributed by atoms with van der Waals surface area (Å²) in [5.74, 6) is -0.720. The van der Waals surface area contributed by atoms with Crippen LogP contribution in [0.2, 0.25) is 5.02 Å². The molecule has 2 unspecified atom stereocenters. The lowest BCUT2D eigenvalue weighted by Crippen LogP contribution is -2.26. The van der Waals surface area contributed by atoms with Crippen LogP contribution in [-0.2, 0) is 27.4 Å². The number of hydrogen-bond acceptors (Lipinski definition) is 6. The topological polar surface area (TPSA) is 85.8 Å². The number of oxime groups is 1. The van der Waals surface area contributed by atoms with Gasteiger partial charge < -0.3 is 14.3 Å². The summed E-state index contributed by atoms with van der Waals surface area (Å²) in [4.78, 5) is 17.9. The molecule has 1 heterocycles. The van der Waals surface area contributed by atoms with Crippen LogP contribution in [0.15, 0.2) is 90.3 Å². The molecule has 0 aliphatic rings. The Kier molecular flexibility index (Phi) is 9.11. The van der Waals surface area contributed by atoms with Crippen molar-refractivity contribution in [3.63, 3.8) is 0 Å². The molecule has 1 aromatic heterocycles. The smallest absolute Gasteiger partial charge is 0.314 e. The van der Waals surface area contributed by atoms with E-state index in [2.05, 4.69) is 15.4 Å². The predicted molar refractivity (Wildman–Crippen MR) is 142 cm³/mol. The average Bonchev–Trinajstić information content (AvgIpc) is 3.47. The highest BCUT2D eigenvalue weighted by Gasteiger charge is 2.24. The molecule has 1 N–H and O–H groups in total. The van der Waals surface area contributed by atoms with Gasteiger partial charge in [-0.15, -0.1) is 0 Å². The van der Waals surface area contributed by atoms with Gasteiger partial charge in [0.2, 0.25) is 0 Å². The molecule has 2 atom stereocenters. The van der Waals surface area contributed by atoms with Gasteiger partial charge in [-0.1, -0.05) is 53.2 Å². The van der Waals surface area contributed by atoms with Crippen molar-refractivity contribution in [2.45, 2.75) is 26.1 Å². The van der Waals surface area contributed by atoms with Crippen molar-refractivity contribution in [1.29, 1.82) is 0 Å². The van der Waals surface area contributed by atoms with Crippen LogP contribution in [-0.4, -0.2) is 29.0 Å². The minimum atomic E-state index is -0.632. The SMILES string of the molecule is COC(=O)C(Cc1ccc(OC(c2ccc(Cl)cc2)c2cn[nH]c2)cc1)C(C)=NOCc1ccc(F)cc1. The molecular formula is C29H27ClFN3O4. The molecule has 4 rings (SSSR count). The Morgan fingerprint density at radius 2 is 1.68 bits per heavy atom. The van der Waals surface area contributed by atoms with Gasteiger partial charge in [0.15, 0.2) is 6.10 Å². The van der Waals surface area contributed by atoms with Crippen molar-refractivity contribution in [2.75, 3.05) is 7.11 Å². The first-order chi connectivity index (χ1) is 18.4. The highest BCUT2D eigenvalue weighted by atomic mass is 35.5. The van der Waals surface area contributed by atoms with E-state index >= 15 is 0 Å². The Hall–Kier alpha value is -4.17. The highest BCUT2D eigenvalue weighted by Crippen LogP contribution is 2.29. The van der Waals surface area contributed by atoms with E-state index in [1.807, 2.05) is 48.5 Å². The molecule has 0 fully saturated rings. The van der Waals surface area contributed by atoms with Gasteiger partial charge in [-0.05, 0) is 66.4 Å². The van der Waals surface area contributed by atoms with Crippen molar-refractivity contribution >= 4 is 23.3 Å². The largest absolute Gasteiger partial charge is 0.481 e. The summed E-state index contributed by atoms with van der Waals surface area (Å²) in [5, 5.41) is 11.6. The lowest BCUT2D eigenvalue weighted by molar-refractivity contribution is -0.143. The zero-order valence-electron chi connectivity index (χ0n) is 20.9. The van der Waals surface area contributed by atoms with E-state index < -0.39 is 11.9 Å². The number of aromatic nitrogens is 2. The molecule has 0 amide bonds. The lowest BCUT2D eigenvalue weighted by atomic mass is 9.95. The zero-order valence-corrected chi connectivity index (χ0v) is 21.7. The first kappa shape index (κ1) is 26.9. The fraction of sp³-hybridized carbons (Fsp3) is 0.207. The van der Waals surface area contributed by atoms with Gasteiger partial charge in [0, 0.05) is 16.8 Å². The molecule has 7 nitrogen and oxygen atoms in total. The van der Waals surface area contributed by atoms with Gasteiger partial charge in [-0.25, -0.2) is 4.39 Å². The summed E-state index contributed by atoms with van der Waals surface area (Å²) in [6.07, 6.45) is 3.49. The summed E-state index contributed by atoms with van der Waals surface area (Å²) in [6.45, 7) is 1.87. The standard InChI is InChI=1S/C29H27ClFN3O4/c1-19(34-37-18-21-3-11-25(31)12-4-21)27(29(35)36-2)15-20-5-13-26(14-6-20)38-28(23-16-32-33-17-23)22-7-9-24(30)10-8-22/h3-14,16-17,27-28H,15,18H2,1-2H3,(H,32,33). The van der Waals surface area contributed by atoms with Crippen LogP contribution >= 0.6 is 11.6 Å². The van der Waals surface area contributed by atoms with Crippen molar-refractivity contribution in [3.8, 4) is 5.75 Å². The number of carbonyl (C=O) groups excluding carboxylic acids is 1. The number of carbonyl (C=O) groups is 1. The second-order valence-corrected chi connectivity index (χ2v) is 9.07. The van der Waals surface area contributed by atoms with E-state index in [9.17, 15) is 9.18 Å². The average molecular weight is 536 g/mol. The minimum Gasteiger partial charge on any atom is -0.481 e. The van der Waals surface area contributed by atoms with Crippen LogP contribution in [0.3, 0.4) is 0 Å². The van der Waals surface area contributed by atoms with Gasteiger partial charge in [0.25, 0.3) is 0 Å². The molecule has 38 heavy (non-hydrogen) atoms. The Labute approximate surface area is 225 Å². The fourth-order valence-electron chi connectivity index (χ4n) is 3.84. The second kappa shape index (κ2) is 12.9. The number of esters is 1. The maximum Gasteiger partial charge on any atom is 0.314 e. The monoisotopic (exact) mass is 535 g/mol. The number of halogens is 2. The Balaban J connectivity index is 1.44. The van der Waals surface area contributed by atoms with Crippen molar-refractivity contribution in [2.24, 2.45) is 11.1 Å². The number of ether oxygens (including phenoxy) is 2. The van der Waals surface area contributed by atoms with E-state index in [1.165, 1.54) is 19.2 Å². The Morgan fingerprint density at radius 1 is 1.00 bits per heavy atom. The summed E-state index contributed by atoms with van der Waals surface area (Å²) in [7, 11) is 1.34. The normalized spacial score (nSPS) is 13.0. The van der Waals surface area contributed by atoms with Gasteiger partial charge >= 0.3 is 5.97 Å². The van der Waals surface area contributed by atoms with Crippen LogP contribution in [0, 0.1) is 11.7 Å². The first-order valence-corrected chi connectivity index (χ1v) is 12.3. The van der Waals surface area contributed by atoms with Crippen LogP contribution < -0.4 is 4.74 Å². The summed E-state index contributed by atoms with van der Waals surface area (Å²) < 4.78 is 24.4. The Bertz CT molecular complexity index is 1340. The number of nitrogens with one attached hydrogen (secondary N) is 1. The minimum absolute atomic E-state index is 0.156. The van der Waals surface area contributed by atoms with Gasteiger partial charge in [0.05, 0.1) is 19.0 Å². The molecule has 0 saturated heterocycles. The van der Waals surface area contributed by atoms with Crippen molar-refractivity contribution < 1.29 is 23.5 Å². The van der Waals surface area contributed by atoms with Crippen LogP contribution in [0.5, 0.6) is 5.75 Å². The number of rotatable bonds is 11. The first-order valence-electron chi connectivity index (χ1n) is 11.9. The third-order valence-electron chi connectivity index (χ3n) is 5.96. The second-order valence-electron chi connectivity index (χ2n) is 8.64. The fourth-order valence-corrected chi connectivity index (χ4v) is 3.97. The predicted octanol–water partition coefficient (Wildman–Crippen LogP) is 6.30. The number of nitrogens with zero attached hydrogens (tertiary/aromatic N) is 2. The molecule has 3 aromatic carbocycles. The number of benzene rings is 3. The number of methoxy groups -OCH3 is 1. The number of H-pyrrole nitrogens is 1. The van der Waals surface area contributed by atoms with Crippen LogP contribution in [0.1, 0.15) is 35.3 Å². The van der Waals surface area contributed by atoms with E-state index in [0.29, 0.717) is 22.9 Å². The molecular weight excluding hydrogens is 509 g/mol. The van der Waals surface area contributed by atoms with Crippen LogP contribution in [0.25, 0.3) is 0 Å². The van der Waals surface area contributed by atoms with E-state index in [-0.39, 0.29) is 18.5 Å². The van der Waals surface area contributed by atoms with Crippen molar-refractivity contribution in [3.05, 3.63) is 118 Å². The molecule has 0 aliphatic carbocycles. The molecule has 0 saturated carbocycles. The molecule has 4 aromatic rings. The summed E-state index contributed by atoms with van der Waals surface area (Å²) >= 11 is 6.06. The van der Waals surface area contributed by atoms with Crippen molar-refractivity contribution in [1.82, 2.24) is 10.2 Å². The van der Waals surface area contributed by atoms with E-state index in [0.717, 1.165) is 22.3 Å². The van der Waals surface area contributed by atoms with Gasteiger partial charge in [-0.2, -0.15) is 5.10 Å². The number of hydrogen-bond donors (Lipinski definition) is 1. The Morgan fingerprint density at radius 3 is 2.32 bits per heavy atom. The molecule has 0 spiro atoms. The molecule has 196 valence electrons. The molecule has 0 radical (unpaired) electrons. The van der Waals surface area contributed by atoms with Crippen LogP contribution in [0.4, 0.5) is 4.39 Å². The lowest BCUT2D eigenvalue weighted by Gasteiger charge is -2.19. The highest BCUT2D eigenvalue weighted by molar-refractivity contribution is 6.30. The molecule has 9 heteroatoms. The number of aromatic amines is 1. The third kappa shape index (κ3) is 7.20. The third-order valence-corrected chi connectivity index (χ3v) is 6.21. The quantitative estimate of drug-likeness (QED) is 0.138. The van der Waals surface area contributed by atoms with Gasteiger partial charge in [0.1, 0.15) is 24.1 Å². The summed E-state index contributed by atoms with van der Waals surface area (Å²) in [6, 6.07) is 20.9. The maximum absolute atomic E-state index is 13.1. The van der Waals surface area contributed by atoms with Gasteiger partial charge in [-0.3, -0.25) is 9.89 Å². The zero-order chi connectivity index (χ0) is 26.9. The summed E-state index contributed by atoms with van der Waals surface area (Å²) in [5.41, 5.74) is 3.93. The molecule has 0 aliphatic heterocycles. The maximum atomic E-state index is 13.1. The van der Waals surface area contributed by atoms with E-state index in [1.54, 1.807) is 31.5 Å². The van der Waals surface area contributed by atoms with E-state index in [4.69, 9.17) is 25.9 Å². The molecule has 0 bridgehead atoms.